The van der Waals surface area contributed by atoms with Gasteiger partial charge in [0.05, 0.1) is 6.07 Å². The highest BCUT2D eigenvalue weighted by Crippen LogP contribution is 2.12. The van der Waals surface area contributed by atoms with E-state index in [1.54, 1.807) is 4.31 Å². The SMILES string of the molecule is N#CCCCCNS(=O)(=O)N1CCCCCC1. The predicted molar refractivity (Wildman–Crippen MR) is 66.4 cm³/mol. The second-order valence-electron chi connectivity index (χ2n) is 4.33. The molecule has 98 valence electrons. The molecule has 1 N–H and O–H groups in total. The van der Waals surface area contributed by atoms with Crippen molar-refractivity contribution in [2.24, 2.45) is 0 Å². The van der Waals surface area contributed by atoms with Gasteiger partial charge < -0.3 is 0 Å². The molecule has 1 aliphatic heterocycles. The second-order valence-corrected chi connectivity index (χ2v) is 6.08. The Bertz CT molecular complexity index is 340. The Hall–Kier alpha value is -0.640. The third-order valence-electron chi connectivity index (χ3n) is 2.90. The minimum Gasteiger partial charge on any atom is -0.202 e. The summed E-state index contributed by atoms with van der Waals surface area (Å²) >= 11 is 0. The average Bonchev–Trinajstić information content (AvgIpc) is 2.57. The van der Waals surface area contributed by atoms with Crippen molar-refractivity contribution in [2.45, 2.75) is 44.9 Å². The van der Waals surface area contributed by atoms with Gasteiger partial charge in [0.2, 0.25) is 0 Å². The van der Waals surface area contributed by atoms with Crippen molar-refractivity contribution in [2.75, 3.05) is 19.6 Å². The topological polar surface area (TPSA) is 73.2 Å². The highest BCUT2D eigenvalue weighted by atomic mass is 32.2. The van der Waals surface area contributed by atoms with Gasteiger partial charge in [0, 0.05) is 26.1 Å². The third kappa shape index (κ3) is 5.48. The van der Waals surface area contributed by atoms with Gasteiger partial charge in [-0.1, -0.05) is 12.8 Å². The fourth-order valence-electron chi connectivity index (χ4n) is 1.90. The molecule has 1 heterocycles. The Labute approximate surface area is 104 Å². The molecule has 0 radical (unpaired) electrons. The van der Waals surface area contributed by atoms with Crippen LogP contribution in [0.5, 0.6) is 0 Å². The van der Waals surface area contributed by atoms with Crippen LogP contribution >= 0.6 is 0 Å². The van der Waals surface area contributed by atoms with E-state index in [0.29, 0.717) is 26.1 Å². The van der Waals surface area contributed by atoms with Crippen molar-refractivity contribution in [3.8, 4) is 6.07 Å². The quantitative estimate of drug-likeness (QED) is 0.733. The molecule has 0 aromatic carbocycles. The maximum Gasteiger partial charge on any atom is 0.279 e. The largest absolute Gasteiger partial charge is 0.279 e. The molecular weight excluding hydrogens is 238 g/mol. The van der Waals surface area contributed by atoms with Crippen LogP contribution in [0.25, 0.3) is 0 Å². The Morgan fingerprint density at radius 3 is 2.35 bits per heavy atom. The number of nitrogens with one attached hydrogen (secondary N) is 1. The highest BCUT2D eigenvalue weighted by molar-refractivity contribution is 7.87. The summed E-state index contributed by atoms with van der Waals surface area (Å²) in [4.78, 5) is 0. The molecule has 0 bridgehead atoms. The molecule has 0 atom stereocenters. The van der Waals surface area contributed by atoms with E-state index in [1.165, 1.54) is 0 Å². The number of unbranched alkanes of at least 4 members (excludes halogenated alkanes) is 2. The zero-order valence-corrected chi connectivity index (χ0v) is 11.0. The number of rotatable bonds is 6. The summed E-state index contributed by atoms with van der Waals surface area (Å²) in [6.07, 6.45) is 6.11. The molecule has 0 aromatic heterocycles. The second kappa shape index (κ2) is 7.64. The molecule has 0 aromatic rings. The third-order valence-corrected chi connectivity index (χ3v) is 4.52. The van der Waals surface area contributed by atoms with Crippen molar-refractivity contribution >= 4 is 10.2 Å². The molecule has 1 aliphatic rings. The fraction of sp³-hybridized carbons (Fsp3) is 0.909. The van der Waals surface area contributed by atoms with Crippen LogP contribution in [-0.4, -0.2) is 32.4 Å². The van der Waals surface area contributed by atoms with E-state index in [1.807, 2.05) is 6.07 Å². The smallest absolute Gasteiger partial charge is 0.202 e. The first-order chi connectivity index (χ1) is 8.17. The Balaban J connectivity index is 2.31. The summed E-state index contributed by atoms with van der Waals surface area (Å²) in [5, 5.41) is 8.36. The van der Waals surface area contributed by atoms with Crippen LogP contribution in [0.4, 0.5) is 0 Å². The van der Waals surface area contributed by atoms with Gasteiger partial charge in [-0.3, -0.25) is 0 Å². The van der Waals surface area contributed by atoms with E-state index in [9.17, 15) is 8.42 Å². The predicted octanol–water partition coefficient (Wildman–Crippen LogP) is 1.39. The number of nitriles is 1. The van der Waals surface area contributed by atoms with Gasteiger partial charge in [-0.2, -0.15) is 18.0 Å². The van der Waals surface area contributed by atoms with Gasteiger partial charge in [0.1, 0.15) is 0 Å². The first kappa shape index (κ1) is 14.4. The van der Waals surface area contributed by atoms with Gasteiger partial charge in [-0.15, -0.1) is 0 Å². The zero-order chi connectivity index (χ0) is 12.6. The molecular formula is C11H21N3O2S. The molecule has 1 fully saturated rings. The van der Waals surface area contributed by atoms with Crippen molar-refractivity contribution in [1.82, 2.24) is 9.03 Å². The first-order valence-electron chi connectivity index (χ1n) is 6.28. The summed E-state index contributed by atoms with van der Waals surface area (Å²) in [5.41, 5.74) is 0. The maximum absolute atomic E-state index is 11.9. The molecule has 0 aliphatic carbocycles. The van der Waals surface area contributed by atoms with E-state index >= 15 is 0 Å². The summed E-state index contributed by atoms with van der Waals surface area (Å²) < 4.78 is 28.0. The average molecular weight is 259 g/mol. The van der Waals surface area contributed by atoms with Gasteiger partial charge in [0.15, 0.2) is 0 Å². The van der Waals surface area contributed by atoms with Crippen molar-refractivity contribution in [3.05, 3.63) is 0 Å². The van der Waals surface area contributed by atoms with E-state index < -0.39 is 10.2 Å². The molecule has 0 spiro atoms. The molecule has 1 saturated heterocycles. The van der Waals surface area contributed by atoms with Crippen LogP contribution < -0.4 is 4.72 Å². The molecule has 5 nitrogen and oxygen atoms in total. The van der Waals surface area contributed by atoms with Crippen LogP contribution in [0.1, 0.15) is 44.9 Å². The first-order valence-corrected chi connectivity index (χ1v) is 7.72. The van der Waals surface area contributed by atoms with E-state index in [0.717, 1.165) is 38.5 Å². The molecule has 17 heavy (non-hydrogen) atoms. The minimum atomic E-state index is -3.29. The van der Waals surface area contributed by atoms with Gasteiger partial charge in [0.25, 0.3) is 10.2 Å². The summed E-state index contributed by atoms with van der Waals surface area (Å²) in [5.74, 6) is 0. The van der Waals surface area contributed by atoms with E-state index in [2.05, 4.69) is 4.72 Å². The lowest BCUT2D eigenvalue weighted by Gasteiger charge is -2.20. The molecule has 0 amide bonds. The van der Waals surface area contributed by atoms with E-state index in [4.69, 9.17) is 5.26 Å². The number of hydrogen-bond acceptors (Lipinski definition) is 3. The normalized spacial score (nSPS) is 18.5. The Morgan fingerprint density at radius 2 is 1.76 bits per heavy atom. The maximum atomic E-state index is 11.9. The standard InChI is InChI=1S/C11H21N3O2S/c12-8-4-3-5-9-13-17(15,16)14-10-6-1-2-7-11-14/h13H,1-7,9-11H2. The zero-order valence-electron chi connectivity index (χ0n) is 10.2. The minimum absolute atomic E-state index is 0.431. The van der Waals surface area contributed by atoms with Gasteiger partial charge in [-0.25, -0.2) is 4.72 Å². The lowest BCUT2D eigenvalue weighted by Crippen LogP contribution is -2.41. The van der Waals surface area contributed by atoms with Crippen LogP contribution in [0.2, 0.25) is 0 Å². The summed E-state index contributed by atoms with van der Waals surface area (Å²) in [6.45, 7) is 1.70. The fourth-order valence-corrected chi connectivity index (χ4v) is 3.23. The van der Waals surface area contributed by atoms with Gasteiger partial charge >= 0.3 is 0 Å². The lowest BCUT2D eigenvalue weighted by atomic mass is 10.2. The monoisotopic (exact) mass is 259 g/mol. The molecule has 0 unspecified atom stereocenters. The summed E-state index contributed by atoms with van der Waals surface area (Å²) in [6, 6.07) is 2.05. The van der Waals surface area contributed by atoms with Crippen LogP contribution in [0, 0.1) is 11.3 Å². The van der Waals surface area contributed by atoms with Crippen LogP contribution in [-0.2, 0) is 10.2 Å². The summed E-state index contributed by atoms with van der Waals surface area (Å²) in [7, 11) is -3.29. The van der Waals surface area contributed by atoms with Crippen LogP contribution in [0.15, 0.2) is 0 Å². The molecule has 1 rings (SSSR count). The molecule has 6 heteroatoms. The lowest BCUT2D eigenvalue weighted by molar-refractivity contribution is 0.414. The molecule has 0 saturated carbocycles. The Morgan fingerprint density at radius 1 is 1.12 bits per heavy atom. The van der Waals surface area contributed by atoms with Crippen molar-refractivity contribution in [3.63, 3.8) is 0 Å². The number of nitrogens with zero attached hydrogens (tertiary/aromatic N) is 2. The Kier molecular flexibility index (Phi) is 6.48. The van der Waals surface area contributed by atoms with Gasteiger partial charge in [-0.05, 0) is 25.7 Å². The van der Waals surface area contributed by atoms with Crippen molar-refractivity contribution in [1.29, 1.82) is 5.26 Å². The highest BCUT2D eigenvalue weighted by Gasteiger charge is 2.21. The number of hydrogen-bond donors (Lipinski definition) is 1. The van der Waals surface area contributed by atoms with Crippen molar-refractivity contribution < 1.29 is 8.42 Å². The van der Waals surface area contributed by atoms with E-state index in [-0.39, 0.29) is 0 Å². The van der Waals surface area contributed by atoms with Crippen LogP contribution in [0.3, 0.4) is 0 Å².